The molecule has 0 fully saturated rings. The summed E-state index contributed by atoms with van der Waals surface area (Å²) in [5.74, 6) is 0. The Labute approximate surface area is 86.8 Å². The standard InChI is InChI=1S/C13H19N/c1-3-7-12(2)10-14-11-13-8-5-4-6-9-13/h4-9,14H,3,10-11H2,1-2H3/b12-7-. The molecule has 0 saturated carbocycles. The molecule has 0 radical (unpaired) electrons. The lowest BCUT2D eigenvalue weighted by atomic mass is 10.2. The van der Waals surface area contributed by atoms with Gasteiger partial charge in [-0.3, -0.25) is 0 Å². The van der Waals surface area contributed by atoms with Crippen LogP contribution in [0.4, 0.5) is 0 Å². The van der Waals surface area contributed by atoms with Gasteiger partial charge in [0, 0.05) is 13.1 Å². The van der Waals surface area contributed by atoms with Crippen LogP contribution in [-0.2, 0) is 6.54 Å². The molecule has 14 heavy (non-hydrogen) atoms. The number of benzene rings is 1. The van der Waals surface area contributed by atoms with Crippen molar-refractivity contribution >= 4 is 0 Å². The first-order valence-corrected chi connectivity index (χ1v) is 5.23. The van der Waals surface area contributed by atoms with Gasteiger partial charge in [-0.05, 0) is 18.9 Å². The highest BCUT2D eigenvalue weighted by atomic mass is 14.8. The molecule has 1 rings (SSSR count). The first kappa shape index (κ1) is 11.0. The molecule has 1 N–H and O–H groups in total. The molecule has 1 nitrogen and oxygen atoms in total. The SMILES string of the molecule is CC/C=C(/C)CNCc1ccccc1. The molecule has 1 aromatic rings. The second kappa shape index (κ2) is 6.39. The van der Waals surface area contributed by atoms with Crippen molar-refractivity contribution in [3.05, 3.63) is 47.5 Å². The minimum atomic E-state index is 0.954. The number of rotatable bonds is 5. The highest BCUT2D eigenvalue weighted by Gasteiger charge is 1.91. The Morgan fingerprint density at radius 1 is 1.29 bits per heavy atom. The zero-order chi connectivity index (χ0) is 10.2. The fourth-order valence-corrected chi connectivity index (χ4v) is 1.42. The Morgan fingerprint density at radius 2 is 2.00 bits per heavy atom. The van der Waals surface area contributed by atoms with Crippen LogP contribution in [0, 0.1) is 0 Å². The molecule has 0 saturated heterocycles. The molecule has 0 aliphatic heterocycles. The van der Waals surface area contributed by atoms with Crippen molar-refractivity contribution in [1.82, 2.24) is 5.32 Å². The van der Waals surface area contributed by atoms with E-state index in [4.69, 9.17) is 0 Å². The molecule has 0 aliphatic rings. The van der Waals surface area contributed by atoms with E-state index in [1.165, 1.54) is 11.1 Å². The first-order valence-electron chi connectivity index (χ1n) is 5.23. The van der Waals surface area contributed by atoms with E-state index in [2.05, 4.69) is 49.5 Å². The van der Waals surface area contributed by atoms with Gasteiger partial charge >= 0.3 is 0 Å². The minimum Gasteiger partial charge on any atom is -0.309 e. The molecule has 0 heterocycles. The largest absolute Gasteiger partial charge is 0.309 e. The molecule has 1 aromatic carbocycles. The van der Waals surface area contributed by atoms with Gasteiger partial charge in [0.05, 0.1) is 0 Å². The van der Waals surface area contributed by atoms with Crippen LogP contribution >= 0.6 is 0 Å². The van der Waals surface area contributed by atoms with E-state index in [0.717, 1.165) is 19.5 Å². The molecule has 0 aromatic heterocycles. The van der Waals surface area contributed by atoms with Gasteiger partial charge in [-0.1, -0.05) is 48.9 Å². The zero-order valence-corrected chi connectivity index (χ0v) is 9.09. The number of allylic oxidation sites excluding steroid dienone is 1. The van der Waals surface area contributed by atoms with Crippen LogP contribution in [0.25, 0.3) is 0 Å². The smallest absolute Gasteiger partial charge is 0.0208 e. The van der Waals surface area contributed by atoms with Gasteiger partial charge in [-0.15, -0.1) is 0 Å². The third-order valence-electron chi connectivity index (χ3n) is 2.13. The van der Waals surface area contributed by atoms with Crippen LogP contribution in [0.1, 0.15) is 25.8 Å². The van der Waals surface area contributed by atoms with Gasteiger partial charge in [0.25, 0.3) is 0 Å². The predicted molar refractivity (Wildman–Crippen MR) is 62.2 cm³/mol. The lowest BCUT2D eigenvalue weighted by molar-refractivity contribution is 0.737. The molecule has 76 valence electrons. The van der Waals surface area contributed by atoms with Crippen LogP contribution in [0.3, 0.4) is 0 Å². The Balaban J connectivity index is 2.25. The average molecular weight is 189 g/mol. The van der Waals surface area contributed by atoms with Gasteiger partial charge in [0.15, 0.2) is 0 Å². The first-order chi connectivity index (χ1) is 6.83. The third-order valence-corrected chi connectivity index (χ3v) is 2.13. The van der Waals surface area contributed by atoms with Gasteiger partial charge in [-0.2, -0.15) is 0 Å². The van der Waals surface area contributed by atoms with E-state index in [-0.39, 0.29) is 0 Å². The second-order valence-electron chi connectivity index (χ2n) is 3.55. The van der Waals surface area contributed by atoms with Crippen molar-refractivity contribution in [2.45, 2.75) is 26.8 Å². The van der Waals surface area contributed by atoms with Gasteiger partial charge < -0.3 is 5.32 Å². The Morgan fingerprint density at radius 3 is 2.64 bits per heavy atom. The van der Waals surface area contributed by atoms with Crippen molar-refractivity contribution in [1.29, 1.82) is 0 Å². The molecule has 0 aliphatic carbocycles. The molecule has 0 spiro atoms. The van der Waals surface area contributed by atoms with E-state index in [1.54, 1.807) is 0 Å². The van der Waals surface area contributed by atoms with E-state index in [9.17, 15) is 0 Å². The van der Waals surface area contributed by atoms with Crippen molar-refractivity contribution in [3.63, 3.8) is 0 Å². The summed E-state index contributed by atoms with van der Waals surface area (Å²) in [6.07, 6.45) is 3.39. The summed E-state index contributed by atoms with van der Waals surface area (Å²) >= 11 is 0. The molecule has 0 amide bonds. The lowest BCUT2D eigenvalue weighted by Gasteiger charge is -2.04. The van der Waals surface area contributed by atoms with E-state index in [0.29, 0.717) is 0 Å². The lowest BCUT2D eigenvalue weighted by Crippen LogP contribution is -2.15. The summed E-state index contributed by atoms with van der Waals surface area (Å²) in [7, 11) is 0. The van der Waals surface area contributed by atoms with Crippen LogP contribution in [0.5, 0.6) is 0 Å². The van der Waals surface area contributed by atoms with E-state index < -0.39 is 0 Å². The summed E-state index contributed by atoms with van der Waals surface area (Å²) in [4.78, 5) is 0. The monoisotopic (exact) mass is 189 g/mol. The van der Waals surface area contributed by atoms with Gasteiger partial charge in [0.2, 0.25) is 0 Å². The molecular formula is C13H19N. The number of hydrogen-bond donors (Lipinski definition) is 1. The van der Waals surface area contributed by atoms with Crippen molar-refractivity contribution in [2.24, 2.45) is 0 Å². The quantitative estimate of drug-likeness (QED) is 0.702. The van der Waals surface area contributed by atoms with E-state index in [1.807, 2.05) is 6.07 Å². The maximum absolute atomic E-state index is 3.42. The zero-order valence-electron chi connectivity index (χ0n) is 9.09. The molecule has 1 heteroatoms. The summed E-state index contributed by atoms with van der Waals surface area (Å²) in [6.45, 7) is 6.28. The summed E-state index contributed by atoms with van der Waals surface area (Å²) in [5.41, 5.74) is 2.76. The Kier molecular flexibility index (Phi) is 5.02. The second-order valence-corrected chi connectivity index (χ2v) is 3.55. The van der Waals surface area contributed by atoms with Crippen molar-refractivity contribution < 1.29 is 0 Å². The molecular weight excluding hydrogens is 170 g/mol. The Hall–Kier alpha value is -1.08. The van der Waals surface area contributed by atoms with E-state index >= 15 is 0 Å². The molecule has 0 atom stereocenters. The van der Waals surface area contributed by atoms with Gasteiger partial charge in [0.1, 0.15) is 0 Å². The third kappa shape index (κ3) is 4.24. The fraction of sp³-hybridized carbons (Fsp3) is 0.385. The van der Waals surface area contributed by atoms with Crippen LogP contribution in [0.2, 0.25) is 0 Å². The highest BCUT2D eigenvalue weighted by Crippen LogP contribution is 1.98. The fourth-order valence-electron chi connectivity index (χ4n) is 1.42. The summed E-state index contributed by atoms with van der Waals surface area (Å²) < 4.78 is 0. The van der Waals surface area contributed by atoms with Crippen LogP contribution < -0.4 is 5.32 Å². The van der Waals surface area contributed by atoms with Crippen molar-refractivity contribution in [2.75, 3.05) is 6.54 Å². The highest BCUT2D eigenvalue weighted by molar-refractivity contribution is 5.14. The molecule has 0 unspecified atom stereocenters. The van der Waals surface area contributed by atoms with Gasteiger partial charge in [-0.25, -0.2) is 0 Å². The Bertz CT molecular complexity index is 275. The van der Waals surface area contributed by atoms with Crippen molar-refractivity contribution in [3.8, 4) is 0 Å². The van der Waals surface area contributed by atoms with Crippen LogP contribution in [-0.4, -0.2) is 6.54 Å². The molecule has 0 bridgehead atoms. The summed E-state index contributed by atoms with van der Waals surface area (Å²) in [6, 6.07) is 10.5. The minimum absolute atomic E-state index is 0.954. The normalized spacial score (nSPS) is 11.7. The topological polar surface area (TPSA) is 12.0 Å². The maximum Gasteiger partial charge on any atom is 0.0208 e. The average Bonchev–Trinajstić information content (AvgIpc) is 2.20. The summed E-state index contributed by atoms with van der Waals surface area (Å²) in [5, 5.41) is 3.42. The van der Waals surface area contributed by atoms with Crippen LogP contribution in [0.15, 0.2) is 42.0 Å². The predicted octanol–water partition coefficient (Wildman–Crippen LogP) is 3.13. The number of hydrogen-bond acceptors (Lipinski definition) is 1. The maximum atomic E-state index is 3.42. The number of nitrogens with one attached hydrogen (secondary N) is 1.